The second-order valence-corrected chi connectivity index (χ2v) is 2.29. The van der Waals surface area contributed by atoms with Gasteiger partial charge in [0, 0.05) is 21.5 Å². The molecule has 0 spiro atoms. The van der Waals surface area contributed by atoms with Gasteiger partial charge in [0.2, 0.25) is 0 Å². The van der Waals surface area contributed by atoms with Gasteiger partial charge in [-0.1, -0.05) is 0 Å². The fraction of sp³-hybridized carbons (Fsp3) is 1.00. The first-order chi connectivity index (χ1) is 2.81. The van der Waals surface area contributed by atoms with Crippen molar-refractivity contribution < 1.29 is 0 Å². The molecular weight excluding hydrogens is 135 g/mol. The van der Waals surface area contributed by atoms with Gasteiger partial charge in [0.25, 0.3) is 0 Å². The molecule has 0 aliphatic rings. The van der Waals surface area contributed by atoms with Crippen molar-refractivity contribution in [2.45, 2.75) is 11.4 Å². The van der Waals surface area contributed by atoms with Crippen LogP contribution in [0.3, 0.4) is 0 Å². The van der Waals surface area contributed by atoms with E-state index in [1.165, 1.54) is 0 Å². The molecule has 1 atom stereocenters. The summed E-state index contributed by atoms with van der Waals surface area (Å²) < 4.78 is 0. The molecule has 0 bridgehead atoms. The SMILES string of the molecule is [Si]CC(Cl)CCl. The lowest BCUT2D eigenvalue weighted by atomic mass is 10.6. The molecule has 0 aliphatic heterocycles. The molecule has 0 aromatic rings. The summed E-state index contributed by atoms with van der Waals surface area (Å²) in [5, 5.41) is 0.0864. The van der Waals surface area contributed by atoms with Crippen molar-refractivity contribution in [3.8, 4) is 0 Å². The van der Waals surface area contributed by atoms with Crippen LogP contribution in [0.2, 0.25) is 6.04 Å². The predicted molar refractivity (Wildman–Crippen MR) is 30.9 cm³/mol. The van der Waals surface area contributed by atoms with Crippen LogP contribution in [0.5, 0.6) is 0 Å². The molecule has 0 fully saturated rings. The van der Waals surface area contributed by atoms with Gasteiger partial charge in [-0.15, -0.1) is 23.2 Å². The Kier molecular flexibility index (Phi) is 4.50. The number of rotatable bonds is 2. The highest BCUT2D eigenvalue weighted by atomic mass is 35.5. The largest absolute Gasteiger partial charge is 0.125 e. The number of alkyl halides is 2. The molecule has 0 saturated carbocycles. The quantitative estimate of drug-likeness (QED) is 0.402. The van der Waals surface area contributed by atoms with E-state index in [1.807, 2.05) is 0 Å². The van der Waals surface area contributed by atoms with E-state index < -0.39 is 0 Å². The average molecular weight is 140 g/mol. The molecular formula is C3H5Cl2Si. The van der Waals surface area contributed by atoms with Crippen molar-refractivity contribution in [1.82, 2.24) is 0 Å². The molecule has 0 nitrogen and oxygen atoms in total. The number of halogens is 2. The molecule has 0 amide bonds. The summed E-state index contributed by atoms with van der Waals surface area (Å²) in [6, 6.07) is 0.769. The predicted octanol–water partition coefficient (Wildman–Crippen LogP) is 1.42. The van der Waals surface area contributed by atoms with E-state index in [1.54, 1.807) is 0 Å². The molecule has 35 valence electrons. The van der Waals surface area contributed by atoms with Crippen LogP contribution in [0.1, 0.15) is 0 Å². The summed E-state index contributed by atoms with van der Waals surface area (Å²) in [6.07, 6.45) is 0. The van der Waals surface area contributed by atoms with Crippen molar-refractivity contribution in [2.75, 3.05) is 5.88 Å². The minimum absolute atomic E-state index is 0.0864. The Morgan fingerprint density at radius 2 is 2.17 bits per heavy atom. The second-order valence-electron chi connectivity index (χ2n) is 0.956. The van der Waals surface area contributed by atoms with Crippen molar-refractivity contribution in [3.05, 3.63) is 0 Å². The van der Waals surface area contributed by atoms with E-state index in [0.29, 0.717) is 5.88 Å². The fourth-order valence-corrected chi connectivity index (χ4v) is 0.491. The van der Waals surface area contributed by atoms with Crippen molar-refractivity contribution in [2.24, 2.45) is 0 Å². The van der Waals surface area contributed by atoms with E-state index in [-0.39, 0.29) is 5.38 Å². The zero-order valence-corrected chi connectivity index (χ0v) is 5.76. The second kappa shape index (κ2) is 3.97. The lowest BCUT2D eigenvalue weighted by Gasteiger charge is -1.93. The van der Waals surface area contributed by atoms with E-state index in [4.69, 9.17) is 23.2 Å². The lowest BCUT2D eigenvalue weighted by Crippen LogP contribution is -1.96. The summed E-state index contributed by atoms with van der Waals surface area (Å²) in [5.41, 5.74) is 0. The van der Waals surface area contributed by atoms with Crippen LogP contribution >= 0.6 is 23.2 Å². The van der Waals surface area contributed by atoms with Gasteiger partial charge in [-0.3, -0.25) is 0 Å². The third kappa shape index (κ3) is 3.01. The number of hydrogen-bond donors (Lipinski definition) is 0. The highest BCUT2D eigenvalue weighted by Crippen LogP contribution is 2.00. The molecule has 3 radical (unpaired) electrons. The van der Waals surface area contributed by atoms with Gasteiger partial charge in [0.05, 0.1) is 0 Å². The normalized spacial score (nSPS) is 14.5. The molecule has 0 aromatic carbocycles. The van der Waals surface area contributed by atoms with Crippen molar-refractivity contribution in [1.29, 1.82) is 0 Å². The van der Waals surface area contributed by atoms with Crippen LogP contribution in [-0.2, 0) is 0 Å². The summed E-state index contributed by atoms with van der Waals surface area (Å²) in [4.78, 5) is 0. The minimum Gasteiger partial charge on any atom is -0.125 e. The van der Waals surface area contributed by atoms with Gasteiger partial charge >= 0.3 is 0 Å². The van der Waals surface area contributed by atoms with Crippen LogP contribution in [0.15, 0.2) is 0 Å². The third-order valence-corrected chi connectivity index (χ3v) is 1.98. The van der Waals surface area contributed by atoms with Crippen LogP contribution < -0.4 is 0 Å². The van der Waals surface area contributed by atoms with Crippen LogP contribution in [0.4, 0.5) is 0 Å². The van der Waals surface area contributed by atoms with Gasteiger partial charge in [-0.05, 0) is 6.04 Å². The standard InChI is InChI=1S/C3H5Cl2Si/c4-1-3(5)2-6/h3H,1-2H2. The van der Waals surface area contributed by atoms with Gasteiger partial charge in [0.15, 0.2) is 0 Å². The smallest absolute Gasteiger partial charge is 0.0441 e. The monoisotopic (exact) mass is 139 g/mol. The third-order valence-electron chi connectivity index (χ3n) is 0.389. The molecule has 0 aromatic heterocycles. The first kappa shape index (κ1) is 6.80. The van der Waals surface area contributed by atoms with Crippen LogP contribution in [-0.4, -0.2) is 21.5 Å². The molecule has 0 heterocycles. The van der Waals surface area contributed by atoms with E-state index in [9.17, 15) is 0 Å². The Balaban J connectivity index is 2.75. The molecule has 0 saturated heterocycles. The van der Waals surface area contributed by atoms with Crippen LogP contribution in [0.25, 0.3) is 0 Å². The van der Waals surface area contributed by atoms with Gasteiger partial charge < -0.3 is 0 Å². The Hall–Kier alpha value is 0.797. The summed E-state index contributed by atoms with van der Waals surface area (Å²) in [7, 11) is 3.20. The lowest BCUT2D eigenvalue weighted by molar-refractivity contribution is 1.10. The maximum Gasteiger partial charge on any atom is 0.0441 e. The molecule has 0 aliphatic carbocycles. The zero-order valence-electron chi connectivity index (χ0n) is 3.25. The highest BCUT2D eigenvalue weighted by molar-refractivity contribution is 6.30. The maximum atomic E-state index is 5.47. The van der Waals surface area contributed by atoms with Crippen molar-refractivity contribution in [3.63, 3.8) is 0 Å². The minimum atomic E-state index is 0.0864. The Morgan fingerprint density at radius 3 is 2.17 bits per heavy atom. The zero-order chi connectivity index (χ0) is 4.99. The topological polar surface area (TPSA) is 0 Å². The summed E-state index contributed by atoms with van der Waals surface area (Å²) in [6.45, 7) is 0. The molecule has 1 unspecified atom stereocenters. The Morgan fingerprint density at radius 1 is 1.67 bits per heavy atom. The summed E-state index contributed by atoms with van der Waals surface area (Å²) >= 11 is 10.8. The van der Waals surface area contributed by atoms with Gasteiger partial charge in [0.1, 0.15) is 0 Å². The Labute approximate surface area is 51.2 Å². The van der Waals surface area contributed by atoms with Crippen molar-refractivity contribution >= 4 is 33.4 Å². The van der Waals surface area contributed by atoms with Gasteiger partial charge in [-0.25, -0.2) is 0 Å². The Bertz CT molecular complexity index is 28.0. The number of hydrogen-bond acceptors (Lipinski definition) is 0. The van der Waals surface area contributed by atoms with Gasteiger partial charge in [-0.2, -0.15) is 0 Å². The first-order valence-electron chi connectivity index (χ1n) is 1.66. The average Bonchev–Trinajstić information content (AvgIpc) is 1.65. The van der Waals surface area contributed by atoms with E-state index >= 15 is 0 Å². The first-order valence-corrected chi connectivity index (χ1v) is 3.33. The summed E-state index contributed by atoms with van der Waals surface area (Å²) in [5.74, 6) is 0.519. The molecule has 3 heteroatoms. The maximum absolute atomic E-state index is 5.47. The van der Waals surface area contributed by atoms with E-state index in [0.717, 1.165) is 6.04 Å². The molecule has 6 heavy (non-hydrogen) atoms. The fourth-order valence-electron chi connectivity index (χ4n) is 0.0546. The van der Waals surface area contributed by atoms with E-state index in [2.05, 4.69) is 10.2 Å². The molecule has 0 rings (SSSR count). The van der Waals surface area contributed by atoms with Crippen LogP contribution in [0, 0.1) is 0 Å². The molecule has 0 N–H and O–H groups in total. The highest BCUT2D eigenvalue weighted by Gasteiger charge is 1.93.